The van der Waals surface area contributed by atoms with Crippen LogP contribution < -0.4 is 4.74 Å². The molecule has 1 unspecified atom stereocenters. The third-order valence-electron chi connectivity index (χ3n) is 6.15. The van der Waals surface area contributed by atoms with Crippen LogP contribution in [0, 0.1) is 0 Å². The van der Waals surface area contributed by atoms with Crippen LogP contribution in [0.2, 0.25) is 0 Å². The van der Waals surface area contributed by atoms with Crippen molar-refractivity contribution >= 4 is 17.4 Å². The van der Waals surface area contributed by atoms with Gasteiger partial charge in [-0.25, -0.2) is 0 Å². The molecule has 1 fully saturated rings. The SMILES string of the molecule is CCOc1cccc(C(O)=C2C(=O)C(=O)N(Cc3ccncc3)C2c2ccc(C(C)(C)C)cc2)c1. The number of nitrogens with zero attached hydrogens (tertiary/aromatic N) is 2. The molecule has 4 rings (SSSR count). The van der Waals surface area contributed by atoms with Crippen molar-refractivity contribution in [1.29, 1.82) is 0 Å². The van der Waals surface area contributed by atoms with Crippen LogP contribution in [0.25, 0.3) is 5.76 Å². The molecule has 3 aromatic rings. The second-order valence-electron chi connectivity index (χ2n) is 9.62. The fourth-order valence-electron chi connectivity index (χ4n) is 4.30. The van der Waals surface area contributed by atoms with Gasteiger partial charge in [-0.2, -0.15) is 0 Å². The molecule has 0 aliphatic carbocycles. The second kappa shape index (κ2) is 9.74. The Morgan fingerprint density at radius 2 is 1.71 bits per heavy atom. The highest BCUT2D eigenvalue weighted by atomic mass is 16.5. The number of pyridine rings is 1. The largest absolute Gasteiger partial charge is 0.507 e. The summed E-state index contributed by atoms with van der Waals surface area (Å²) in [5, 5.41) is 11.3. The van der Waals surface area contributed by atoms with Gasteiger partial charge in [0.25, 0.3) is 11.7 Å². The molecule has 6 heteroatoms. The van der Waals surface area contributed by atoms with Gasteiger partial charge in [-0.05, 0) is 53.3 Å². The molecule has 35 heavy (non-hydrogen) atoms. The zero-order valence-corrected chi connectivity index (χ0v) is 20.5. The van der Waals surface area contributed by atoms with E-state index in [0.29, 0.717) is 17.9 Å². The van der Waals surface area contributed by atoms with E-state index in [2.05, 4.69) is 25.8 Å². The first-order valence-electron chi connectivity index (χ1n) is 11.7. The minimum absolute atomic E-state index is 0.0445. The molecule has 1 aromatic heterocycles. The van der Waals surface area contributed by atoms with Crippen molar-refractivity contribution in [2.75, 3.05) is 6.61 Å². The molecule has 6 nitrogen and oxygen atoms in total. The first kappa shape index (κ1) is 24.2. The Hall–Kier alpha value is -3.93. The molecule has 0 radical (unpaired) electrons. The summed E-state index contributed by atoms with van der Waals surface area (Å²) in [6.07, 6.45) is 3.30. The van der Waals surface area contributed by atoms with Crippen LogP contribution in [0.1, 0.15) is 56.0 Å². The second-order valence-corrected chi connectivity index (χ2v) is 9.62. The summed E-state index contributed by atoms with van der Waals surface area (Å²) in [4.78, 5) is 32.1. The first-order valence-corrected chi connectivity index (χ1v) is 11.7. The van der Waals surface area contributed by atoms with E-state index in [1.165, 1.54) is 4.90 Å². The number of carbonyl (C=O) groups is 2. The molecule has 1 atom stereocenters. The molecule has 1 N–H and O–H groups in total. The van der Waals surface area contributed by atoms with Gasteiger partial charge in [0, 0.05) is 24.5 Å². The lowest BCUT2D eigenvalue weighted by atomic mass is 9.85. The van der Waals surface area contributed by atoms with Gasteiger partial charge in [-0.15, -0.1) is 0 Å². The number of hydrogen-bond acceptors (Lipinski definition) is 5. The Bertz CT molecular complexity index is 1260. The summed E-state index contributed by atoms with van der Waals surface area (Å²) in [5.74, 6) is -0.988. The van der Waals surface area contributed by atoms with E-state index in [4.69, 9.17) is 4.74 Å². The van der Waals surface area contributed by atoms with Crippen LogP contribution in [-0.2, 0) is 21.5 Å². The number of aliphatic hydroxyl groups is 1. The Balaban J connectivity index is 1.85. The number of benzene rings is 2. The smallest absolute Gasteiger partial charge is 0.295 e. The normalized spacial score (nSPS) is 17.6. The number of aromatic nitrogens is 1. The Kier molecular flexibility index (Phi) is 6.74. The highest BCUT2D eigenvalue weighted by Gasteiger charge is 2.46. The number of aliphatic hydroxyl groups excluding tert-OH is 1. The number of hydrogen-bond donors (Lipinski definition) is 1. The summed E-state index contributed by atoms with van der Waals surface area (Å²) in [7, 11) is 0. The monoisotopic (exact) mass is 470 g/mol. The minimum Gasteiger partial charge on any atom is -0.507 e. The molecule has 0 saturated carbocycles. The van der Waals surface area contributed by atoms with Crippen LogP contribution in [0.3, 0.4) is 0 Å². The lowest BCUT2D eigenvalue weighted by molar-refractivity contribution is -0.140. The van der Waals surface area contributed by atoms with E-state index in [-0.39, 0.29) is 23.3 Å². The number of carbonyl (C=O) groups excluding carboxylic acids is 2. The number of rotatable bonds is 6. The average molecular weight is 471 g/mol. The molecule has 1 aliphatic heterocycles. The van der Waals surface area contributed by atoms with Gasteiger partial charge < -0.3 is 14.7 Å². The van der Waals surface area contributed by atoms with Crippen LogP contribution >= 0.6 is 0 Å². The van der Waals surface area contributed by atoms with Crippen molar-refractivity contribution in [3.63, 3.8) is 0 Å². The fourth-order valence-corrected chi connectivity index (χ4v) is 4.30. The van der Waals surface area contributed by atoms with Crippen LogP contribution in [0.5, 0.6) is 5.75 Å². The van der Waals surface area contributed by atoms with Gasteiger partial charge >= 0.3 is 0 Å². The number of Topliss-reactive ketones (excluding diaryl/α,β-unsaturated/α-hetero) is 1. The van der Waals surface area contributed by atoms with Gasteiger partial charge in [0.05, 0.1) is 18.2 Å². The summed E-state index contributed by atoms with van der Waals surface area (Å²) < 4.78 is 5.56. The molecule has 1 amide bonds. The van der Waals surface area contributed by atoms with Crippen molar-refractivity contribution < 1.29 is 19.4 Å². The summed E-state index contributed by atoms with van der Waals surface area (Å²) in [6.45, 7) is 8.95. The van der Waals surface area contributed by atoms with E-state index in [1.54, 1.807) is 36.7 Å². The molecule has 2 heterocycles. The van der Waals surface area contributed by atoms with E-state index < -0.39 is 17.7 Å². The number of likely N-dealkylation sites (tertiary alicyclic amines) is 1. The highest BCUT2D eigenvalue weighted by Crippen LogP contribution is 2.41. The molecule has 1 saturated heterocycles. The van der Waals surface area contributed by atoms with Crippen molar-refractivity contribution in [3.8, 4) is 5.75 Å². The van der Waals surface area contributed by atoms with Crippen molar-refractivity contribution in [1.82, 2.24) is 9.88 Å². The van der Waals surface area contributed by atoms with E-state index >= 15 is 0 Å². The average Bonchev–Trinajstić information content (AvgIpc) is 3.09. The Morgan fingerprint density at radius 3 is 2.34 bits per heavy atom. The predicted molar refractivity (Wildman–Crippen MR) is 135 cm³/mol. The van der Waals surface area contributed by atoms with E-state index in [0.717, 1.165) is 16.7 Å². The molecule has 2 aromatic carbocycles. The van der Waals surface area contributed by atoms with Gasteiger partial charge in [0.15, 0.2) is 0 Å². The molecule has 180 valence electrons. The third kappa shape index (κ3) is 4.97. The van der Waals surface area contributed by atoms with Gasteiger partial charge in [0.2, 0.25) is 0 Å². The molecular formula is C29H30N2O4. The Morgan fingerprint density at radius 1 is 1.03 bits per heavy atom. The summed E-state index contributed by atoms with van der Waals surface area (Å²) in [6, 6.07) is 17.7. The maximum absolute atomic E-state index is 13.3. The maximum Gasteiger partial charge on any atom is 0.295 e. The van der Waals surface area contributed by atoms with Crippen LogP contribution in [0.15, 0.2) is 78.6 Å². The van der Waals surface area contributed by atoms with Crippen LogP contribution in [0.4, 0.5) is 0 Å². The molecule has 0 bridgehead atoms. The standard InChI is InChI=1S/C29H30N2O4/c1-5-35-23-8-6-7-21(17-23)26(32)24-25(20-9-11-22(12-10-20)29(2,3)4)31(28(34)27(24)33)18-19-13-15-30-16-14-19/h6-17,25,32H,5,18H2,1-4H3. The third-order valence-corrected chi connectivity index (χ3v) is 6.15. The van der Waals surface area contributed by atoms with Crippen molar-refractivity contribution in [2.45, 2.75) is 45.7 Å². The zero-order chi connectivity index (χ0) is 25.2. The van der Waals surface area contributed by atoms with Gasteiger partial charge in [0.1, 0.15) is 11.5 Å². The van der Waals surface area contributed by atoms with Crippen molar-refractivity contribution in [3.05, 3.63) is 101 Å². The number of amides is 1. The molecule has 0 spiro atoms. The van der Waals surface area contributed by atoms with Gasteiger partial charge in [-0.1, -0.05) is 57.2 Å². The molecule has 1 aliphatic rings. The lowest BCUT2D eigenvalue weighted by Gasteiger charge is -2.26. The van der Waals surface area contributed by atoms with Gasteiger partial charge in [-0.3, -0.25) is 14.6 Å². The fraction of sp³-hybridized carbons (Fsp3) is 0.276. The first-order chi connectivity index (χ1) is 16.7. The number of ketones is 1. The summed E-state index contributed by atoms with van der Waals surface area (Å²) in [5.41, 5.74) is 3.19. The Labute approximate surface area is 205 Å². The number of ether oxygens (including phenoxy) is 1. The summed E-state index contributed by atoms with van der Waals surface area (Å²) >= 11 is 0. The zero-order valence-electron chi connectivity index (χ0n) is 20.5. The van der Waals surface area contributed by atoms with Crippen LogP contribution in [-0.4, -0.2) is 33.3 Å². The quantitative estimate of drug-likeness (QED) is 0.296. The highest BCUT2D eigenvalue weighted by molar-refractivity contribution is 6.46. The van der Waals surface area contributed by atoms with E-state index in [9.17, 15) is 14.7 Å². The van der Waals surface area contributed by atoms with E-state index in [1.807, 2.05) is 43.3 Å². The minimum atomic E-state index is -0.729. The maximum atomic E-state index is 13.3. The topological polar surface area (TPSA) is 79.7 Å². The van der Waals surface area contributed by atoms with Crippen molar-refractivity contribution in [2.24, 2.45) is 0 Å². The lowest BCUT2D eigenvalue weighted by Crippen LogP contribution is -2.29. The predicted octanol–water partition coefficient (Wildman–Crippen LogP) is 5.40. The molecular weight excluding hydrogens is 440 g/mol.